The summed E-state index contributed by atoms with van der Waals surface area (Å²) in [6.45, 7) is 0. The van der Waals surface area contributed by atoms with E-state index in [0.29, 0.717) is 5.56 Å². The molecule has 1 aliphatic heterocycles. The minimum atomic E-state index is -0.788. The van der Waals surface area contributed by atoms with Crippen molar-refractivity contribution in [1.82, 2.24) is 23.7 Å². The van der Waals surface area contributed by atoms with Crippen LogP contribution in [0.1, 0.15) is 27.8 Å². The van der Waals surface area contributed by atoms with Gasteiger partial charge in [-0.15, -0.1) is 0 Å². The summed E-state index contributed by atoms with van der Waals surface area (Å²) in [5, 5.41) is 16.8. The van der Waals surface area contributed by atoms with E-state index in [2.05, 4.69) is 208 Å². The predicted octanol–water partition coefficient (Wildman–Crippen LogP) is 15.8. The molecule has 0 amide bonds. The number of nitrogens with zero attached hydrogens (tertiary/aromatic N) is 6. The normalized spacial score (nSPS) is 13.1. The van der Waals surface area contributed by atoms with Gasteiger partial charge in [0, 0.05) is 67.6 Å². The average molecular weight is 931 g/mol. The van der Waals surface area contributed by atoms with E-state index in [9.17, 15) is 5.26 Å². The summed E-state index contributed by atoms with van der Waals surface area (Å²) >= 11 is 0. The second-order valence-electron chi connectivity index (χ2n) is 19.2. The summed E-state index contributed by atoms with van der Waals surface area (Å²) in [5.74, 6) is 1.54. The van der Waals surface area contributed by atoms with Crippen LogP contribution in [-0.2, 0) is 5.41 Å². The molecule has 0 atom stereocenters. The molecule has 16 rings (SSSR count). The zero-order chi connectivity index (χ0) is 47.9. The van der Waals surface area contributed by atoms with Gasteiger partial charge in [0.1, 0.15) is 11.5 Å². The van der Waals surface area contributed by atoms with Gasteiger partial charge in [-0.05, 0) is 119 Å². The van der Waals surface area contributed by atoms with E-state index in [1.165, 1.54) is 32.6 Å². The Kier molecular flexibility index (Phi) is 8.04. The van der Waals surface area contributed by atoms with Gasteiger partial charge in [0.15, 0.2) is 0 Å². The highest BCUT2D eigenvalue weighted by atomic mass is 16.5. The second-order valence-corrected chi connectivity index (χ2v) is 19.2. The van der Waals surface area contributed by atoms with Gasteiger partial charge in [0.25, 0.3) is 0 Å². The Hall–Kier alpha value is -10.0. The maximum Gasteiger partial charge on any atom is 0.134 e. The molecule has 0 fully saturated rings. The molecule has 0 unspecified atom stereocenters. The van der Waals surface area contributed by atoms with Crippen LogP contribution in [0, 0.1) is 11.3 Å². The quantitative estimate of drug-likeness (QED) is 0.176. The molecular formula is C66H38N6O. The fraction of sp³-hybridized carbons (Fsp3) is 0.0152. The summed E-state index contributed by atoms with van der Waals surface area (Å²) in [6.07, 6.45) is 3.73. The highest BCUT2D eigenvalue weighted by Crippen LogP contribution is 2.62. The Bertz CT molecular complexity index is 4660. The lowest BCUT2D eigenvalue weighted by Crippen LogP contribution is -2.32. The molecule has 0 radical (unpaired) electrons. The van der Waals surface area contributed by atoms with Gasteiger partial charge < -0.3 is 18.4 Å². The van der Waals surface area contributed by atoms with Crippen molar-refractivity contribution in [3.05, 3.63) is 259 Å². The number of aromatic nitrogens is 5. The van der Waals surface area contributed by atoms with Crippen molar-refractivity contribution in [2.45, 2.75) is 5.41 Å². The van der Waals surface area contributed by atoms with Gasteiger partial charge >= 0.3 is 0 Å². The molecule has 1 spiro atoms. The van der Waals surface area contributed by atoms with Crippen LogP contribution in [0.2, 0.25) is 0 Å². The molecule has 0 saturated heterocycles. The molecule has 9 aromatic carbocycles. The van der Waals surface area contributed by atoms with E-state index in [-0.39, 0.29) is 0 Å². The van der Waals surface area contributed by atoms with Crippen LogP contribution in [0.25, 0.3) is 105 Å². The number of fused-ring (bicyclic) bond motifs is 18. The smallest absolute Gasteiger partial charge is 0.134 e. The summed E-state index contributed by atoms with van der Waals surface area (Å²) in [5.41, 5.74) is 17.9. The third-order valence-corrected chi connectivity index (χ3v) is 15.6. The fourth-order valence-electron chi connectivity index (χ4n) is 12.7. The summed E-state index contributed by atoms with van der Waals surface area (Å²) in [6, 6.07) is 80.3. The zero-order valence-corrected chi connectivity index (χ0v) is 39.0. The first-order valence-electron chi connectivity index (χ1n) is 24.6. The minimum Gasteiger partial charge on any atom is -0.457 e. The molecule has 5 aromatic heterocycles. The molecule has 338 valence electrons. The maximum absolute atomic E-state index is 9.85. The molecule has 2 aliphatic rings. The van der Waals surface area contributed by atoms with E-state index in [4.69, 9.17) is 14.7 Å². The molecule has 1 aliphatic carbocycles. The largest absolute Gasteiger partial charge is 0.457 e. The van der Waals surface area contributed by atoms with Gasteiger partial charge in [0.2, 0.25) is 0 Å². The van der Waals surface area contributed by atoms with Crippen LogP contribution in [0.15, 0.2) is 231 Å². The number of hydrogen-bond acceptors (Lipinski definition) is 4. The fourth-order valence-corrected chi connectivity index (χ4v) is 12.7. The number of benzene rings is 9. The van der Waals surface area contributed by atoms with E-state index in [0.717, 1.165) is 106 Å². The SMILES string of the molecule is N#Cc1ccc2c(c1)c1ccccc1n2-c1ccc2c(c1)Oc1ccc(-c3ccc4c(c3)c3ccccc3n4-c3ccccc3-n3c4ccccc4c4ccccc43)cc1C21c2cccnc2-c2ncccc21. The lowest BCUT2D eigenvalue weighted by Gasteiger charge is -2.39. The molecular weight excluding hydrogens is 893 g/mol. The minimum absolute atomic E-state index is 0.631. The Morgan fingerprint density at radius 2 is 0.863 bits per heavy atom. The third-order valence-electron chi connectivity index (χ3n) is 15.6. The summed E-state index contributed by atoms with van der Waals surface area (Å²) < 4.78 is 14.3. The van der Waals surface area contributed by atoms with Gasteiger partial charge in [-0.25, -0.2) is 0 Å². The molecule has 7 nitrogen and oxygen atoms in total. The van der Waals surface area contributed by atoms with Crippen molar-refractivity contribution < 1.29 is 4.74 Å². The van der Waals surface area contributed by atoms with Crippen LogP contribution in [0.4, 0.5) is 0 Å². The van der Waals surface area contributed by atoms with Crippen molar-refractivity contribution in [1.29, 1.82) is 5.26 Å². The van der Waals surface area contributed by atoms with Crippen molar-refractivity contribution in [2.24, 2.45) is 0 Å². The van der Waals surface area contributed by atoms with Crippen molar-refractivity contribution in [2.75, 3.05) is 0 Å². The Labute approximate surface area is 418 Å². The Morgan fingerprint density at radius 3 is 1.48 bits per heavy atom. The molecule has 73 heavy (non-hydrogen) atoms. The average Bonchev–Trinajstić information content (AvgIpc) is 4.17. The van der Waals surface area contributed by atoms with E-state index in [1.54, 1.807) is 0 Å². The number of ether oxygens (including phenoxy) is 1. The zero-order valence-electron chi connectivity index (χ0n) is 39.0. The van der Waals surface area contributed by atoms with E-state index in [1.807, 2.05) is 42.7 Å². The topological polar surface area (TPSA) is 73.6 Å². The third kappa shape index (κ3) is 5.30. The monoisotopic (exact) mass is 930 g/mol. The maximum atomic E-state index is 9.85. The van der Waals surface area contributed by atoms with E-state index >= 15 is 0 Å². The number of para-hydroxylation sites is 6. The first-order valence-corrected chi connectivity index (χ1v) is 24.6. The van der Waals surface area contributed by atoms with Crippen molar-refractivity contribution >= 4 is 65.4 Å². The molecule has 14 aromatic rings. The van der Waals surface area contributed by atoms with Crippen LogP contribution < -0.4 is 4.74 Å². The number of pyridine rings is 2. The van der Waals surface area contributed by atoms with Crippen LogP contribution >= 0.6 is 0 Å². The summed E-state index contributed by atoms with van der Waals surface area (Å²) in [7, 11) is 0. The lowest BCUT2D eigenvalue weighted by molar-refractivity contribution is 0.436. The number of nitriles is 1. The van der Waals surface area contributed by atoms with Gasteiger partial charge in [-0.2, -0.15) is 5.26 Å². The van der Waals surface area contributed by atoms with Gasteiger partial charge in [-0.1, -0.05) is 115 Å². The van der Waals surface area contributed by atoms with Crippen LogP contribution in [-0.4, -0.2) is 23.7 Å². The molecule has 0 N–H and O–H groups in total. The van der Waals surface area contributed by atoms with Crippen LogP contribution in [0.5, 0.6) is 11.5 Å². The summed E-state index contributed by atoms with van der Waals surface area (Å²) in [4.78, 5) is 10.1. The van der Waals surface area contributed by atoms with Gasteiger partial charge in [-0.3, -0.25) is 9.97 Å². The lowest BCUT2D eigenvalue weighted by atomic mass is 9.66. The first-order chi connectivity index (χ1) is 36.2. The Morgan fingerprint density at radius 1 is 0.370 bits per heavy atom. The van der Waals surface area contributed by atoms with Crippen molar-refractivity contribution in [3.8, 4) is 57.1 Å². The number of hydrogen-bond donors (Lipinski definition) is 0. The van der Waals surface area contributed by atoms with Gasteiger partial charge in [0.05, 0.1) is 72.9 Å². The highest BCUT2D eigenvalue weighted by Gasteiger charge is 2.52. The second kappa shape index (κ2) is 14.8. The van der Waals surface area contributed by atoms with Crippen LogP contribution in [0.3, 0.4) is 0 Å². The highest BCUT2D eigenvalue weighted by molar-refractivity contribution is 6.13. The standard InChI is InChI=1S/C66H38N6O/c67-39-40-25-30-58-48(35-40)46-15-3-5-19-54(46)70(58)43-28-29-50-63(38-43)73-62-32-27-42(37-53(62)66(50)51-17-11-33-68-64(51)65-52(66)18-12-34-69-65)41-26-31-59-49(36-41)47-16-4-8-22-57(47)72(59)61-24-10-9-23-60(61)71-55-20-6-1-13-44(55)45-14-2-7-21-56(45)71/h1-38H. The Balaban J connectivity index is 0.891. The predicted molar refractivity (Wildman–Crippen MR) is 293 cm³/mol. The molecule has 7 heteroatoms. The van der Waals surface area contributed by atoms with E-state index < -0.39 is 5.41 Å². The molecule has 0 saturated carbocycles. The molecule has 0 bridgehead atoms. The number of rotatable bonds is 4. The first kappa shape index (κ1) is 39.8. The molecule has 6 heterocycles. The van der Waals surface area contributed by atoms with Crippen molar-refractivity contribution in [3.63, 3.8) is 0 Å².